The Morgan fingerprint density at radius 2 is 2.14 bits per heavy atom. The van der Waals surface area contributed by atoms with E-state index in [0.717, 1.165) is 25.9 Å². The maximum absolute atomic E-state index is 11.6. The van der Waals surface area contributed by atoms with Crippen molar-refractivity contribution in [3.8, 4) is 0 Å². The molecule has 1 aliphatic rings. The first-order valence-electron chi connectivity index (χ1n) is 5.19. The lowest BCUT2D eigenvalue weighted by molar-refractivity contribution is -0.425. The van der Waals surface area contributed by atoms with E-state index in [1.165, 1.54) is 0 Å². The van der Waals surface area contributed by atoms with E-state index in [1.807, 2.05) is 20.8 Å². The smallest absolute Gasteiger partial charge is 0.410 e. The zero-order valence-corrected chi connectivity index (χ0v) is 9.38. The van der Waals surface area contributed by atoms with Crippen molar-refractivity contribution in [3.63, 3.8) is 0 Å². The van der Waals surface area contributed by atoms with Gasteiger partial charge in [0.2, 0.25) is 0 Å². The van der Waals surface area contributed by atoms with Crippen molar-refractivity contribution in [3.05, 3.63) is 0 Å². The average molecular weight is 201 g/mol. The lowest BCUT2D eigenvalue weighted by atomic mass is 10.1. The van der Waals surface area contributed by atoms with Crippen LogP contribution >= 0.6 is 0 Å². The SMILES string of the molecule is CC(C)(C)OC(=O)N1CCC[C@@H]([NH3+])C1. The van der Waals surface area contributed by atoms with Crippen LogP contribution < -0.4 is 5.73 Å². The van der Waals surface area contributed by atoms with Gasteiger partial charge in [0.25, 0.3) is 0 Å². The number of hydrogen-bond donors (Lipinski definition) is 1. The summed E-state index contributed by atoms with van der Waals surface area (Å²) in [4.78, 5) is 13.4. The average Bonchev–Trinajstić information content (AvgIpc) is 2.01. The minimum Gasteiger partial charge on any atom is -0.444 e. The summed E-state index contributed by atoms with van der Waals surface area (Å²) >= 11 is 0. The number of amides is 1. The summed E-state index contributed by atoms with van der Waals surface area (Å²) in [5.41, 5.74) is 3.58. The van der Waals surface area contributed by atoms with Crippen molar-refractivity contribution in [2.24, 2.45) is 0 Å². The standard InChI is InChI=1S/C10H20N2O2/c1-10(2,3)14-9(13)12-6-4-5-8(11)7-12/h8H,4-7,11H2,1-3H3/p+1/t8-/m1/s1. The molecule has 0 spiro atoms. The first-order chi connectivity index (χ1) is 6.38. The first kappa shape index (κ1) is 11.3. The molecule has 0 unspecified atom stereocenters. The summed E-state index contributed by atoms with van der Waals surface area (Å²) < 4.78 is 5.28. The molecule has 0 aromatic rings. The first-order valence-corrected chi connectivity index (χ1v) is 5.19. The zero-order chi connectivity index (χ0) is 10.8. The number of quaternary nitrogens is 1. The molecule has 14 heavy (non-hydrogen) atoms. The van der Waals surface area contributed by atoms with E-state index in [9.17, 15) is 4.79 Å². The van der Waals surface area contributed by atoms with Crippen LogP contribution in [0.2, 0.25) is 0 Å². The van der Waals surface area contributed by atoms with E-state index < -0.39 is 5.60 Å². The molecule has 1 fully saturated rings. The number of rotatable bonds is 0. The molecule has 0 aromatic carbocycles. The minimum atomic E-state index is -0.398. The number of nitrogens with zero attached hydrogens (tertiary/aromatic N) is 1. The van der Waals surface area contributed by atoms with Crippen molar-refractivity contribution in [1.29, 1.82) is 0 Å². The molecule has 0 aromatic heterocycles. The van der Waals surface area contributed by atoms with Gasteiger partial charge in [-0.05, 0) is 27.2 Å². The number of carbonyl (C=O) groups excluding carboxylic acids is 1. The van der Waals surface area contributed by atoms with Crippen LogP contribution in [-0.2, 0) is 4.74 Å². The van der Waals surface area contributed by atoms with Crippen LogP contribution in [-0.4, -0.2) is 35.7 Å². The Bertz CT molecular complexity index is 211. The van der Waals surface area contributed by atoms with Crippen LogP contribution in [0.4, 0.5) is 4.79 Å². The van der Waals surface area contributed by atoms with Crippen LogP contribution in [0.5, 0.6) is 0 Å². The zero-order valence-electron chi connectivity index (χ0n) is 9.38. The summed E-state index contributed by atoms with van der Waals surface area (Å²) in [5, 5.41) is 0. The van der Waals surface area contributed by atoms with Gasteiger partial charge >= 0.3 is 6.09 Å². The highest BCUT2D eigenvalue weighted by Crippen LogP contribution is 2.13. The lowest BCUT2D eigenvalue weighted by Gasteiger charge is -2.31. The van der Waals surface area contributed by atoms with E-state index in [-0.39, 0.29) is 6.09 Å². The molecular formula is C10H21N2O2+. The number of carbonyl (C=O) groups is 1. The summed E-state index contributed by atoms with van der Waals surface area (Å²) in [7, 11) is 0. The van der Waals surface area contributed by atoms with Crippen molar-refractivity contribution in [2.75, 3.05) is 13.1 Å². The van der Waals surface area contributed by atoms with Crippen molar-refractivity contribution >= 4 is 6.09 Å². The summed E-state index contributed by atoms with van der Waals surface area (Å²) in [6.07, 6.45) is 1.94. The monoisotopic (exact) mass is 201 g/mol. The maximum Gasteiger partial charge on any atom is 0.410 e. The van der Waals surface area contributed by atoms with Gasteiger partial charge in [0.15, 0.2) is 0 Å². The third kappa shape index (κ3) is 3.54. The molecule has 0 radical (unpaired) electrons. The van der Waals surface area contributed by atoms with Crippen molar-refractivity contribution in [1.82, 2.24) is 4.90 Å². The molecule has 1 rings (SSSR count). The fourth-order valence-corrected chi connectivity index (χ4v) is 1.56. The van der Waals surface area contributed by atoms with Crippen LogP contribution in [0.1, 0.15) is 33.6 Å². The van der Waals surface area contributed by atoms with Gasteiger partial charge in [-0.25, -0.2) is 4.79 Å². The summed E-state index contributed by atoms with van der Waals surface area (Å²) in [5.74, 6) is 0. The third-order valence-electron chi connectivity index (χ3n) is 2.17. The predicted molar refractivity (Wildman–Crippen MR) is 53.7 cm³/mol. The van der Waals surface area contributed by atoms with E-state index in [4.69, 9.17) is 4.74 Å². The molecule has 1 heterocycles. The summed E-state index contributed by atoms with van der Waals surface area (Å²) in [6.45, 7) is 7.19. The molecule has 4 nitrogen and oxygen atoms in total. The van der Waals surface area contributed by atoms with Gasteiger partial charge in [-0.1, -0.05) is 0 Å². The fourth-order valence-electron chi connectivity index (χ4n) is 1.56. The molecule has 82 valence electrons. The summed E-state index contributed by atoms with van der Waals surface area (Å²) in [6, 6.07) is 0.358. The van der Waals surface area contributed by atoms with Gasteiger partial charge in [-0.2, -0.15) is 0 Å². The van der Waals surface area contributed by atoms with E-state index >= 15 is 0 Å². The molecule has 4 heteroatoms. The highest BCUT2D eigenvalue weighted by molar-refractivity contribution is 5.68. The fraction of sp³-hybridized carbons (Fsp3) is 0.900. The Morgan fingerprint density at radius 1 is 1.50 bits per heavy atom. The highest BCUT2D eigenvalue weighted by Gasteiger charge is 2.27. The van der Waals surface area contributed by atoms with E-state index in [2.05, 4.69) is 5.73 Å². The molecule has 3 N–H and O–H groups in total. The van der Waals surface area contributed by atoms with Gasteiger partial charge in [0, 0.05) is 13.0 Å². The Labute approximate surface area is 85.4 Å². The van der Waals surface area contributed by atoms with Gasteiger partial charge in [0.1, 0.15) is 11.6 Å². The number of hydrogen-bond acceptors (Lipinski definition) is 2. The number of ether oxygens (including phenoxy) is 1. The quantitative estimate of drug-likeness (QED) is 0.625. The molecule has 0 saturated carbocycles. The molecular weight excluding hydrogens is 180 g/mol. The van der Waals surface area contributed by atoms with Gasteiger partial charge in [0.05, 0.1) is 6.54 Å². The number of likely N-dealkylation sites (tertiary alicyclic amines) is 1. The number of piperidine rings is 1. The highest BCUT2D eigenvalue weighted by atomic mass is 16.6. The Morgan fingerprint density at radius 3 is 2.64 bits per heavy atom. The molecule has 0 bridgehead atoms. The third-order valence-corrected chi connectivity index (χ3v) is 2.17. The molecule has 1 amide bonds. The van der Waals surface area contributed by atoms with E-state index in [1.54, 1.807) is 4.90 Å². The minimum absolute atomic E-state index is 0.203. The van der Waals surface area contributed by atoms with Crippen molar-refractivity contribution < 1.29 is 15.3 Å². The molecule has 1 aliphatic heterocycles. The predicted octanol–water partition coefficient (Wildman–Crippen LogP) is 0.628. The van der Waals surface area contributed by atoms with Crippen molar-refractivity contribution in [2.45, 2.75) is 45.3 Å². The van der Waals surface area contributed by atoms with Crippen LogP contribution in [0.25, 0.3) is 0 Å². The van der Waals surface area contributed by atoms with Crippen LogP contribution in [0, 0.1) is 0 Å². The lowest BCUT2D eigenvalue weighted by Crippen LogP contribution is -2.67. The second-order valence-corrected chi connectivity index (χ2v) is 4.93. The van der Waals surface area contributed by atoms with E-state index in [0.29, 0.717) is 6.04 Å². The van der Waals surface area contributed by atoms with Gasteiger partial charge < -0.3 is 15.4 Å². The Hall–Kier alpha value is -0.770. The second-order valence-electron chi connectivity index (χ2n) is 4.93. The normalized spacial score (nSPS) is 23.4. The Balaban J connectivity index is 2.44. The molecule has 1 saturated heterocycles. The topological polar surface area (TPSA) is 57.2 Å². The molecule has 1 atom stereocenters. The van der Waals surface area contributed by atoms with Gasteiger partial charge in [-0.3, -0.25) is 0 Å². The Kier molecular flexibility index (Phi) is 3.37. The van der Waals surface area contributed by atoms with Crippen LogP contribution in [0.15, 0.2) is 0 Å². The maximum atomic E-state index is 11.6. The van der Waals surface area contributed by atoms with Gasteiger partial charge in [-0.15, -0.1) is 0 Å². The van der Waals surface area contributed by atoms with Crippen LogP contribution in [0.3, 0.4) is 0 Å². The largest absolute Gasteiger partial charge is 0.444 e. The molecule has 0 aliphatic carbocycles. The second kappa shape index (κ2) is 4.17.